The zero-order valence-corrected chi connectivity index (χ0v) is 11.3. The van der Waals surface area contributed by atoms with Crippen LogP contribution >= 0.6 is 23.8 Å². The van der Waals surface area contributed by atoms with Gasteiger partial charge in [0, 0.05) is 5.69 Å². The molecule has 3 nitrogen and oxygen atoms in total. The molecule has 0 radical (unpaired) electrons. The Balaban J connectivity index is 2.23. The van der Waals surface area contributed by atoms with Gasteiger partial charge in [0.1, 0.15) is 15.7 Å². The van der Waals surface area contributed by atoms with E-state index in [1.54, 1.807) is 13.0 Å². The predicted molar refractivity (Wildman–Crippen MR) is 71.3 cm³/mol. The summed E-state index contributed by atoms with van der Waals surface area (Å²) < 4.78 is 41.9. The first-order valence-electron chi connectivity index (χ1n) is 5.16. The highest BCUT2D eigenvalue weighted by Crippen LogP contribution is 2.24. The number of aryl methyl sites for hydroxylation is 1. The summed E-state index contributed by atoms with van der Waals surface area (Å²) in [5.74, 6) is -0.429. The van der Waals surface area contributed by atoms with Crippen LogP contribution in [0.25, 0.3) is 0 Å². The maximum Gasteiger partial charge on any atom is 0.283 e. The number of benzene rings is 1. The molecule has 0 aliphatic carbocycles. The minimum atomic E-state index is -2.75. The van der Waals surface area contributed by atoms with Crippen molar-refractivity contribution in [3.05, 3.63) is 40.2 Å². The lowest BCUT2D eigenvalue weighted by molar-refractivity contribution is 0.146. The van der Waals surface area contributed by atoms with E-state index in [-0.39, 0.29) is 9.87 Å². The first-order valence-corrected chi connectivity index (χ1v) is 6.34. The molecule has 0 fully saturated rings. The van der Waals surface area contributed by atoms with Crippen molar-refractivity contribution in [2.75, 3.05) is 5.32 Å². The Morgan fingerprint density at radius 3 is 2.74 bits per heavy atom. The minimum Gasteiger partial charge on any atom is -0.345 e. The summed E-state index contributed by atoms with van der Waals surface area (Å²) in [7, 11) is 0. The molecule has 0 aliphatic heterocycles. The monoisotopic (exact) mass is 303 g/mol. The van der Waals surface area contributed by atoms with E-state index in [9.17, 15) is 13.2 Å². The third-order valence-electron chi connectivity index (χ3n) is 2.23. The van der Waals surface area contributed by atoms with Crippen LogP contribution in [0, 0.1) is 12.7 Å². The molecule has 1 aromatic carbocycles. The number of alkyl halides is 2. The zero-order valence-electron chi connectivity index (χ0n) is 9.65. The van der Waals surface area contributed by atoms with Crippen LogP contribution in [0.5, 0.6) is 0 Å². The number of thiocarbonyl (C=S) groups is 1. The van der Waals surface area contributed by atoms with Crippen LogP contribution in [0.2, 0.25) is 0 Å². The van der Waals surface area contributed by atoms with Crippen molar-refractivity contribution in [1.29, 1.82) is 0 Å². The quantitative estimate of drug-likeness (QED) is 0.877. The lowest BCUT2D eigenvalue weighted by atomic mass is 10.2. The van der Waals surface area contributed by atoms with E-state index in [2.05, 4.69) is 14.9 Å². The molecule has 0 saturated heterocycles. The minimum absolute atomic E-state index is 0.0512. The standard InChI is InChI=1S/C11H8F3N3S2/c1-5-2-6(12)4-7(3-5)15-11(18)9-8(10(13)14)16-17-19-9/h2-4,10H,1H3,(H,15,18). The Morgan fingerprint density at radius 1 is 1.37 bits per heavy atom. The molecule has 0 aliphatic rings. The van der Waals surface area contributed by atoms with Crippen LogP contribution in [-0.4, -0.2) is 14.6 Å². The van der Waals surface area contributed by atoms with Gasteiger partial charge in [0.05, 0.1) is 0 Å². The van der Waals surface area contributed by atoms with E-state index in [0.717, 1.165) is 11.5 Å². The van der Waals surface area contributed by atoms with Crippen molar-refractivity contribution in [3.8, 4) is 0 Å². The van der Waals surface area contributed by atoms with E-state index >= 15 is 0 Å². The van der Waals surface area contributed by atoms with Crippen molar-refractivity contribution >= 4 is 34.4 Å². The summed E-state index contributed by atoms with van der Waals surface area (Å²) >= 11 is 5.79. The van der Waals surface area contributed by atoms with Crippen LogP contribution < -0.4 is 5.32 Å². The molecule has 0 spiro atoms. The molecule has 0 unspecified atom stereocenters. The predicted octanol–water partition coefficient (Wildman–Crippen LogP) is 3.71. The van der Waals surface area contributed by atoms with Crippen LogP contribution in [0.3, 0.4) is 0 Å². The molecule has 0 saturated carbocycles. The highest BCUT2D eigenvalue weighted by Gasteiger charge is 2.21. The van der Waals surface area contributed by atoms with Crippen LogP contribution in [0.15, 0.2) is 18.2 Å². The van der Waals surface area contributed by atoms with Gasteiger partial charge in [-0.15, -0.1) is 5.10 Å². The molecule has 0 atom stereocenters. The van der Waals surface area contributed by atoms with E-state index in [4.69, 9.17) is 12.2 Å². The molecule has 0 bridgehead atoms. The van der Waals surface area contributed by atoms with Crippen LogP contribution in [0.4, 0.5) is 18.9 Å². The number of nitrogens with one attached hydrogen (secondary N) is 1. The second kappa shape index (κ2) is 5.62. The van der Waals surface area contributed by atoms with Gasteiger partial charge in [-0.05, 0) is 42.2 Å². The Kier molecular flexibility index (Phi) is 4.11. The molecule has 8 heteroatoms. The number of nitrogens with zero attached hydrogens (tertiary/aromatic N) is 2. The molecule has 2 rings (SSSR count). The van der Waals surface area contributed by atoms with Crippen molar-refractivity contribution in [3.63, 3.8) is 0 Å². The van der Waals surface area contributed by atoms with Crippen molar-refractivity contribution in [1.82, 2.24) is 9.59 Å². The van der Waals surface area contributed by atoms with Gasteiger partial charge < -0.3 is 5.32 Å². The molecule has 2 aromatic rings. The highest BCUT2D eigenvalue weighted by atomic mass is 32.1. The van der Waals surface area contributed by atoms with Gasteiger partial charge in [-0.2, -0.15) is 0 Å². The Labute approximate surface area is 116 Å². The SMILES string of the molecule is Cc1cc(F)cc(NC(=S)c2snnc2C(F)F)c1. The molecule has 1 aromatic heterocycles. The van der Waals surface area contributed by atoms with Gasteiger partial charge in [-0.25, -0.2) is 13.2 Å². The molecular formula is C11H8F3N3S2. The number of hydrogen-bond donors (Lipinski definition) is 1. The normalized spacial score (nSPS) is 10.8. The highest BCUT2D eigenvalue weighted by molar-refractivity contribution is 7.81. The van der Waals surface area contributed by atoms with E-state index in [0.29, 0.717) is 11.3 Å². The van der Waals surface area contributed by atoms with Crippen molar-refractivity contribution < 1.29 is 13.2 Å². The summed E-state index contributed by atoms with van der Waals surface area (Å²) in [5, 5.41) is 6.04. The van der Waals surface area contributed by atoms with Crippen LogP contribution in [0.1, 0.15) is 22.6 Å². The van der Waals surface area contributed by atoms with Gasteiger partial charge in [0.2, 0.25) is 0 Å². The summed E-state index contributed by atoms with van der Waals surface area (Å²) in [5.41, 5.74) is 0.633. The van der Waals surface area contributed by atoms with Gasteiger partial charge in [0.25, 0.3) is 6.43 Å². The van der Waals surface area contributed by atoms with E-state index < -0.39 is 17.9 Å². The second-order valence-electron chi connectivity index (χ2n) is 3.76. The number of anilines is 1. The maximum absolute atomic E-state index is 13.2. The fourth-order valence-electron chi connectivity index (χ4n) is 1.49. The Morgan fingerprint density at radius 2 is 2.11 bits per heavy atom. The van der Waals surface area contributed by atoms with Gasteiger partial charge in [-0.1, -0.05) is 16.7 Å². The van der Waals surface area contributed by atoms with Crippen LogP contribution in [-0.2, 0) is 0 Å². The zero-order chi connectivity index (χ0) is 14.0. The molecular weight excluding hydrogens is 295 g/mol. The fraction of sp³-hybridized carbons (Fsp3) is 0.182. The third-order valence-corrected chi connectivity index (χ3v) is 3.42. The first-order chi connectivity index (χ1) is 8.97. The number of halogens is 3. The lowest BCUT2D eigenvalue weighted by Crippen LogP contribution is -2.11. The number of rotatable bonds is 3. The smallest absolute Gasteiger partial charge is 0.283 e. The largest absolute Gasteiger partial charge is 0.345 e. The van der Waals surface area contributed by atoms with E-state index in [1.807, 2.05) is 0 Å². The average molecular weight is 303 g/mol. The molecule has 19 heavy (non-hydrogen) atoms. The molecule has 0 amide bonds. The second-order valence-corrected chi connectivity index (χ2v) is 4.92. The number of hydrogen-bond acceptors (Lipinski definition) is 4. The summed E-state index contributed by atoms with van der Waals surface area (Å²) in [6.07, 6.45) is -2.75. The summed E-state index contributed by atoms with van der Waals surface area (Å²) in [6, 6.07) is 4.24. The Bertz CT molecular complexity index is 593. The van der Waals surface area contributed by atoms with Gasteiger partial charge >= 0.3 is 0 Å². The fourth-order valence-corrected chi connectivity index (χ4v) is 2.40. The third kappa shape index (κ3) is 3.27. The molecule has 1 N–H and O–H groups in total. The van der Waals surface area contributed by atoms with E-state index in [1.165, 1.54) is 12.1 Å². The van der Waals surface area contributed by atoms with Crippen molar-refractivity contribution in [2.24, 2.45) is 0 Å². The first kappa shape index (κ1) is 13.9. The number of aromatic nitrogens is 2. The van der Waals surface area contributed by atoms with Crippen molar-refractivity contribution in [2.45, 2.75) is 13.3 Å². The summed E-state index contributed by atoms with van der Waals surface area (Å²) in [6.45, 7) is 1.72. The molecule has 1 heterocycles. The summed E-state index contributed by atoms with van der Waals surface area (Å²) in [4.78, 5) is 0.141. The molecule has 100 valence electrons. The Hall–Kier alpha value is -1.54. The lowest BCUT2D eigenvalue weighted by Gasteiger charge is -2.08. The van der Waals surface area contributed by atoms with Gasteiger partial charge in [0.15, 0.2) is 5.69 Å². The average Bonchev–Trinajstić information content (AvgIpc) is 2.75. The van der Waals surface area contributed by atoms with Gasteiger partial charge in [-0.3, -0.25) is 0 Å². The topological polar surface area (TPSA) is 37.8 Å². The maximum atomic E-state index is 13.2.